The number of carbonyl (C=O) groups is 2. The van der Waals surface area contributed by atoms with Crippen LogP contribution in [0.25, 0.3) is 0 Å². The summed E-state index contributed by atoms with van der Waals surface area (Å²) in [5, 5.41) is 11.4. The molecule has 2 atom stereocenters. The normalized spacial score (nSPS) is 25.1. The molecule has 0 bridgehead atoms. The van der Waals surface area contributed by atoms with Gasteiger partial charge in [0.05, 0.1) is 17.6 Å². The molecule has 1 fully saturated rings. The largest absolute Gasteiger partial charge is 0.481 e. The Morgan fingerprint density at radius 3 is 2.16 bits per heavy atom. The molecule has 0 radical (unpaired) electrons. The van der Waals surface area contributed by atoms with Crippen LogP contribution in [0.2, 0.25) is 0 Å². The summed E-state index contributed by atoms with van der Waals surface area (Å²) in [6, 6.07) is 0. The second kappa shape index (κ2) is 5.09. The van der Waals surface area contributed by atoms with Gasteiger partial charge in [-0.1, -0.05) is 13.8 Å². The average molecular weight is 292 g/mol. The van der Waals surface area contributed by atoms with Crippen molar-refractivity contribution in [2.24, 2.45) is 17.3 Å². The molecule has 0 aliphatic heterocycles. The highest BCUT2D eigenvalue weighted by molar-refractivity contribution is 7.89. The number of sulfonamides is 1. The highest BCUT2D eigenvalue weighted by Gasteiger charge is 2.65. The molecule has 0 spiro atoms. The molecular formula is C11H20N2O5S. The molecule has 0 unspecified atom stereocenters. The summed E-state index contributed by atoms with van der Waals surface area (Å²) in [6.07, 6.45) is 0. The van der Waals surface area contributed by atoms with E-state index in [2.05, 4.69) is 5.32 Å². The van der Waals surface area contributed by atoms with Crippen molar-refractivity contribution in [3.05, 3.63) is 0 Å². The lowest BCUT2D eigenvalue weighted by Gasteiger charge is -2.11. The first-order chi connectivity index (χ1) is 8.51. The number of rotatable bonds is 6. The molecule has 7 nitrogen and oxygen atoms in total. The molecule has 1 aliphatic carbocycles. The standard InChI is InChI=1S/C11H20N2O5S/c1-11(2)7(8(11)10(15)16)9(14)12-5-6-19(17,18)13(3)4/h7-8H,5-6H2,1-4H3,(H,12,14)(H,15,16)/t7-,8+/m1/s1. The van der Waals surface area contributed by atoms with Crippen LogP contribution >= 0.6 is 0 Å². The van der Waals surface area contributed by atoms with E-state index in [1.807, 2.05) is 0 Å². The van der Waals surface area contributed by atoms with Gasteiger partial charge >= 0.3 is 5.97 Å². The van der Waals surface area contributed by atoms with E-state index in [1.54, 1.807) is 13.8 Å². The van der Waals surface area contributed by atoms with Crippen LogP contribution in [0.3, 0.4) is 0 Å². The first kappa shape index (κ1) is 15.9. The van der Waals surface area contributed by atoms with E-state index in [1.165, 1.54) is 14.1 Å². The van der Waals surface area contributed by atoms with Gasteiger partial charge < -0.3 is 10.4 Å². The highest BCUT2D eigenvalue weighted by Crippen LogP contribution is 2.58. The molecule has 1 amide bonds. The third kappa shape index (κ3) is 3.24. The van der Waals surface area contributed by atoms with Crippen molar-refractivity contribution in [3.63, 3.8) is 0 Å². The molecule has 1 saturated carbocycles. The Labute approximate surface area is 113 Å². The van der Waals surface area contributed by atoms with E-state index in [0.29, 0.717) is 0 Å². The van der Waals surface area contributed by atoms with Gasteiger partial charge in [0, 0.05) is 20.6 Å². The molecule has 1 rings (SSSR count). The van der Waals surface area contributed by atoms with Gasteiger partial charge in [0.25, 0.3) is 0 Å². The SMILES string of the molecule is CN(C)S(=O)(=O)CCNC(=O)[C@H]1[C@@H](C(=O)O)C1(C)C. The Bertz CT molecular complexity index is 483. The number of hydrogen-bond acceptors (Lipinski definition) is 4. The van der Waals surface area contributed by atoms with Crippen molar-refractivity contribution in [1.29, 1.82) is 0 Å². The maximum Gasteiger partial charge on any atom is 0.307 e. The predicted molar refractivity (Wildman–Crippen MR) is 68.9 cm³/mol. The fourth-order valence-corrected chi connectivity index (χ4v) is 2.91. The Hall–Kier alpha value is -1.15. The van der Waals surface area contributed by atoms with Crippen LogP contribution < -0.4 is 5.32 Å². The second-order valence-electron chi connectivity index (χ2n) is 5.50. The summed E-state index contributed by atoms with van der Waals surface area (Å²) in [5.74, 6) is -2.88. The minimum atomic E-state index is -3.36. The van der Waals surface area contributed by atoms with Crippen LogP contribution in [0.4, 0.5) is 0 Å². The Kier molecular flexibility index (Phi) is 4.26. The molecule has 8 heteroatoms. The van der Waals surface area contributed by atoms with Crippen molar-refractivity contribution in [3.8, 4) is 0 Å². The maximum atomic E-state index is 11.8. The van der Waals surface area contributed by atoms with Crippen molar-refractivity contribution >= 4 is 21.9 Å². The van der Waals surface area contributed by atoms with Gasteiger partial charge in [0.15, 0.2) is 0 Å². The zero-order valence-corrected chi connectivity index (χ0v) is 12.3. The smallest absolute Gasteiger partial charge is 0.307 e. The minimum absolute atomic E-state index is 0.0156. The molecule has 0 aromatic rings. The Balaban J connectivity index is 2.49. The van der Waals surface area contributed by atoms with E-state index in [0.717, 1.165) is 4.31 Å². The van der Waals surface area contributed by atoms with Crippen molar-refractivity contribution in [2.45, 2.75) is 13.8 Å². The molecule has 110 valence electrons. The van der Waals surface area contributed by atoms with Gasteiger partial charge in [-0.05, 0) is 5.41 Å². The first-order valence-electron chi connectivity index (χ1n) is 5.92. The third-order valence-corrected chi connectivity index (χ3v) is 5.42. The van der Waals surface area contributed by atoms with Crippen LogP contribution in [0.15, 0.2) is 0 Å². The number of aliphatic carboxylic acids is 1. The zero-order chi connectivity index (χ0) is 15.0. The number of nitrogens with one attached hydrogen (secondary N) is 1. The lowest BCUT2D eigenvalue weighted by atomic mass is 10.1. The first-order valence-corrected chi connectivity index (χ1v) is 7.53. The highest BCUT2D eigenvalue weighted by atomic mass is 32.2. The summed E-state index contributed by atoms with van der Waals surface area (Å²) in [5.41, 5.74) is -0.573. The van der Waals surface area contributed by atoms with E-state index < -0.39 is 39.2 Å². The van der Waals surface area contributed by atoms with Crippen LogP contribution in [-0.2, 0) is 19.6 Å². The lowest BCUT2D eigenvalue weighted by molar-refractivity contribution is -0.140. The summed E-state index contributed by atoms with van der Waals surface area (Å²) < 4.78 is 24.0. The fraction of sp³-hybridized carbons (Fsp3) is 0.818. The van der Waals surface area contributed by atoms with Gasteiger partial charge in [-0.3, -0.25) is 9.59 Å². The van der Waals surface area contributed by atoms with Gasteiger partial charge in [0.1, 0.15) is 0 Å². The summed E-state index contributed by atoms with van der Waals surface area (Å²) in [7, 11) is -0.519. The molecular weight excluding hydrogens is 272 g/mol. The number of amides is 1. The molecule has 0 aromatic heterocycles. The van der Waals surface area contributed by atoms with E-state index in [9.17, 15) is 18.0 Å². The van der Waals surface area contributed by atoms with Gasteiger partial charge in [-0.15, -0.1) is 0 Å². The number of hydrogen-bond donors (Lipinski definition) is 2. The van der Waals surface area contributed by atoms with Gasteiger partial charge in [-0.2, -0.15) is 0 Å². The van der Waals surface area contributed by atoms with Crippen molar-refractivity contribution in [1.82, 2.24) is 9.62 Å². The van der Waals surface area contributed by atoms with Gasteiger partial charge in [0.2, 0.25) is 15.9 Å². The van der Waals surface area contributed by atoms with E-state index in [-0.39, 0.29) is 12.3 Å². The van der Waals surface area contributed by atoms with Crippen LogP contribution in [0.1, 0.15) is 13.8 Å². The lowest BCUT2D eigenvalue weighted by Crippen LogP contribution is -2.35. The molecule has 2 N–H and O–H groups in total. The molecule has 0 aromatic carbocycles. The van der Waals surface area contributed by atoms with Crippen LogP contribution in [0.5, 0.6) is 0 Å². The van der Waals surface area contributed by atoms with Crippen LogP contribution in [-0.4, -0.2) is 56.1 Å². The summed E-state index contributed by atoms with van der Waals surface area (Å²) >= 11 is 0. The summed E-state index contributed by atoms with van der Waals surface area (Å²) in [6.45, 7) is 3.41. The number of carboxylic acid groups (broad SMARTS) is 1. The zero-order valence-electron chi connectivity index (χ0n) is 11.5. The average Bonchev–Trinajstić information content (AvgIpc) is 2.81. The van der Waals surface area contributed by atoms with Gasteiger partial charge in [-0.25, -0.2) is 12.7 Å². The molecule has 1 aliphatic rings. The fourth-order valence-electron chi connectivity index (χ4n) is 2.18. The van der Waals surface area contributed by atoms with Crippen molar-refractivity contribution in [2.75, 3.05) is 26.4 Å². The number of carbonyl (C=O) groups excluding carboxylic acids is 1. The quantitative estimate of drug-likeness (QED) is 0.677. The van der Waals surface area contributed by atoms with Crippen LogP contribution in [0, 0.1) is 17.3 Å². The Morgan fingerprint density at radius 2 is 1.79 bits per heavy atom. The Morgan fingerprint density at radius 1 is 1.26 bits per heavy atom. The third-order valence-electron chi connectivity index (χ3n) is 3.59. The van der Waals surface area contributed by atoms with E-state index >= 15 is 0 Å². The second-order valence-corrected chi connectivity index (χ2v) is 7.81. The molecule has 19 heavy (non-hydrogen) atoms. The number of nitrogens with zero attached hydrogens (tertiary/aromatic N) is 1. The monoisotopic (exact) mass is 292 g/mol. The minimum Gasteiger partial charge on any atom is -0.481 e. The maximum absolute atomic E-state index is 11.8. The summed E-state index contributed by atoms with van der Waals surface area (Å²) in [4.78, 5) is 22.7. The number of carboxylic acids is 1. The molecule has 0 saturated heterocycles. The molecule has 0 heterocycles. The topological polar surface area (TPSA) is 104 Å². The predicted octanol–water partition coefficient (Wildman–Crippen LogP) is -0.649. The van der Waals surface area contributed by atoms with Crippen molar-refractivity contribution < 1.29 is 23.1 Å². The van der Waals surface area contributed by atoms with E-state index in [4.69, 9.17) is 5.11 Å².